The van der Waals surface area contributed by atoms with Gasteiger partial charge in [-0.15, -0.1) is 0 Å². The SMILES string of the molecule is O=C(NCc1nc(C2CC2)no1)C1(c2ccc(Br)cc2)CCOCC1. The van der Waals surface area contributed by atoms with Gasteiger partial charge in [0.2, 0.25) is 11.8 Å². The number of nitrogens with one attached hydrogen (secondary N) is 1. The normalized spacial score (nSPS) is 19.6. The second-order valence-corrected chi connectivity index (χ2v) is 7.62. The number of aromatic nitrogens is 2. The summed E-state index contributed by atoms with van der Waals surface area (Å²) in [5.74, 6) is 1.66. The molecule has 6 nitrogen and oxygen atoms in total. The summed E-state index contributed by atoms with van der Waals surface area (Å²) in [6.45, 7) is 1.42. The first-order chi connectivity index (χ1) is 12.2. The van der Waals surface area contributed by atoms with Crippen LogP contribution in [0.1, 0.15) is 48.9 Å². The van der Waals surface area contributed by atoms with Gasteiger partial charge >= 0.3 is 0 Å². The van der Waals surface area contributed by atoms with Gasteiger partial charge in [0.1, 0.15) is 0 Å². The maximum atomic E-state index is 13.1. The standard InChI is InChI=1S/C18H20BrN3O3/c19-14-5-3-13(4-6-14)18(7-9-24-10-8-18)17(23)20-11-15-21-16(22-25-15)12-1-2-12/h3-6,12H,1-2,7-11H2,(H,20,23). The highest BCUT2D eigenvalue weighted by atomic mass is 79.9. The molecule has 1 saturated carbocycles. The van der Waals surface area contributed by atoms with Crippen LogP contribution in [0.2, 0.25) is 0 Å². The fraction of sp³-hybridized carbons (Fsp3) is 0.500. The van der Waals surface area contributed by atoms with Gasteiger partial charge in [0, 0.05) is 23.6 Å². The van der Waals surface area contributed by atoms with Crippen molar-refractivity contribution in [3.63, 3.8) is 0 Å². The molecule has 1 aromatic carbocycles. The van der Waals surface area contributed by atoms with Gasteiger partial charge < -0.3 is 14.6 Å². The number of hydrogen-bond acceptors (Lipinski definition) is 5. The molecule has 2 aliphatic rings. The van der Waals surface area contributed by atoms with Crippen LogP contribution in [-0.4, -0.2) is 29.3 Å². The first kappa shape index (κ1) is 16.7. The molecular formula is C18H20BrN3O3. The minimum Gasteiger partial charge on any atom is -0.381 e. The third kappa shape index (κ3) is 3.48. The number of amides is 1. The first-order valence-electron chi connectivity index (χ1n) is 8.62. The van der Waals surface area contributed by atoms with Crippen molar-refractivity contribution in [2.24, 2.45) is 0 Å². The molecule has 25 heavy (non-hydrogen) atoms. The van der Waals surface area contributed by atoms with Gasteiger partial charge in [-0.2, -0.15) is 4.98 Å². The first-order valence-corrected chi connectivity index (χ1v) is 9.41. The Hall–Kier alpha value is -1.73. The third-order valence-corrected chi connectivity index (χ3v) is 5.53. The van der Waals surface area contributed by atoms with Crippen molar-refractivity contribution in [1.82, 2.24) is 15.5 Å². The van der Waals surface area contributed by atoms with Crippen LogP contribution in [-0.2, 0) is 21.5 Å². The zero-order chi connectivity index (χ0) is 17.3. The summed E-state index contributed by atoms with van der Waals surface area (Å²) in [5, 5.41) is 6.98. The molecule has 2 fully saturated rings. The second kappa shape index (κ2) is 6.88. The summed E-state index contributed by atoms with van der Waals surface area (Å²) in [7, 11) is 0. The molecule has 1 aromatic heterocycles. The van der Waals surface area contributed by atoms with Crippen LogP contribution in [0, 0.1) is 0 Å². The van der Waals surface area contributed by atoms with E-state index in [1.165, 1.54) is 0 Å². The highest BCUT2D eigenvalue weighted by molar-refractivity contribution is 9.10. The molecule has 1 saturated heterocycles. The van der Waals surface area contributed by atoms with Gasteiger partial charge in [-0.25, -0.2) is 0 Å². The summed E-state index contributed by atoms with van der Waals surface area (Å²) in [6.07, 6.45) is 3.57. The largest absolute Gasteiger partial charge is 0.381 e. The number of halogens is 1. The van der Waals surface area contributed by atoms with Crippen molar-refractivity contribution < 1.29 is 14.1 Å². The van der Waals surface area contributed by atoms with Crippen LogP contribution in [0.15, 0.2) is 33.3 Å². The average Bonchev–Trinajstić information content (AvgIpc) is 3.39. The minimum absolute atomic E-state index is 0.00991. The van der Waals surface area contributed by atoms with Crippen molar-refractivity contribution in [2.75, 3.05) is 13.2 Å². The van der Waals surface area contributed by atoms with E-state index in [0.717, 1.165) is 28.7 Å². The van der Waals surface area contributed by atoms with Gasteiger partial charge in [-0.05, 0) is 43.4 Å². The predicted molar refractivity (Wildman–Crippen MR) is 94.0 cm³/mol. The van der Waals surface area contributed by atoms with E-state index in [-0.39, 0.29) is 12.5 Å². The molecule has 0 radical (unpaired) electrons. The molecule has 2 aromatic rings. The van der Waals surface area contributed by atoms with E-state index in [1.807, 2.05) is 24.3 Å². The monoisotopic (exact) mass is 405 g/mol. The second-order valence-electron chi connectivity index (χ2n) is 6.70. The Morgan fingerprint density at radius 1 is 1.24 bits per heavy atom. The van der Waals surface area contributed by atoms with E-state index in [0.29, 0.717) is 37.9 Å². The molecule has 0 spiro atoms. The van der Waals surface area contributed by atoms with E-state index in [9.17, 15) is 4.79 Å². The minimum atomic E-state index is -0.571. The van der Waals surface area contributed by atoms with Gasteiger partial charge in [0.15, 0.2) is 5.82 Å². The molecule has 7 heteroatoms. The zero-order valence-electron chi connectivity index (χ0n) is 13.8. The molecular weight excluding hydrogens is 386 g/mol. The number of nitrogens with zero attached hydrogens (tertiary/aromatic N) is 2. The van der Waals surface area contributed by atoms with Gasteiger partial charge in [0.25, 0.3) is 0 Å². The lowest BCUT2D eigenvalue weighted by atomic mass is 9.73. The van der Waals surface area contributed by atoms with Gasteiger partial charge in [0.05, 0.1) is 12.0 Å². The summed E-state index contributed by atoms with van der Waals surface area (Å²) in [4.78, 5) is 17.4. The lowest BCUT2D eigenvalue weighted by Crippen LogP contribution is -2.47. The maximum Gasteiger partial charge on any atom is 0.246 e. The number of carbonyl (C=O) groups is 1. The lowest BCUT2D eigenvalue weighted by molar-refractivity contribution is -0.130. The molecule has 0 atom stereocenters. The molecule has 4 rings (SSSR count). The van der Waals surface area contributed by atoms with Crippen molar-refractivity contribution in [3.8, 4) is 0 Å². The molecule has 132 valence electrons. The van der Waals surface area contributed by atoms with Gasteiger partial charge in [-0.3, -0.25) is 4.79 Å². The summed E-state index contributed by atoms with van der Waals surface area (Å²) in [5.41, 5.74) is 0.443. The summed E-state index contributed by atoms with van der Waals surface area (Å²) in [6, 6.07) is 7.96. The Morgan fingerprint density at radius 3 is 2.64 bits per heavy atom. The highest BCUT2D eigenvalue weighted by Gasteiger charge is 2.41. The highest BCUT2D eigenvalue weighted by Crippen LogP contribution is 2.38. The van der Waals surface area contributed by atoms with Gasteiger partial charge in [-0.1, -0.05) is 33.2 Å². The quantitative estimate of drug-likeness (QED) is 0.826. The fourth-order valence-corrected chi connectivity index (χ4v) is 3.57. The fourth-order valence-electron chi connectivity index (χ4n) is 3.31. The van der Waals surface area contributed by atoms with Crippen LogP contribution in [0.4, 0.5) is 0 Å². The number of hydrogen-bond donors (Lipinski definition) is 1. The lowest BCUT2D eigenvalue weighted by Gasteiger charge is -2.36. The molecule has 0 bridgehead atoms. The van der Waals surface area contributed by atoms with Crippen molar-refractivity contribution in [2.45, 2.75) is 43.6 Å². The predicted octanol–water partition coefficient (Wildman–Crippen LogP) is 3.07. The Bertz CT molecular complexity index is 749. The van der Waals surface area contributed by atoms with E-state index in [4.69, 9.17) is 9.26 Å². The topological polar surface area (TPSA) is 77.3 Å². The maximum absolute atomic E-state index is 13.1. The molecule has 1 aliphatic carbocycles. The molecule has 1 amide bonds. The number of benzene rings is 1. The van der Waals surface area contributed by atoms with E-state index in [2.05, 4.69) is 31.4 Å². The van der Waals surface area contributed by atoms with Crippen LogP contribution in [0.5, 0.6) is 0 Å². The van der Waals surface area contributed by atoms with Crippen LogP contribution in [0.25, 0.3) is 0 Å². The number of ether oxygens (including phenoxy) is 1. The average molecular weight is 406 g/mol. The Kier molecular flexibility index (Phi) is 4.60. The Balaban J connectivity index is 1.49. The molecule has 1 N–H and O–H groups in total. The van der Waals surface area contributed by atoms with E-state index in [1.54, 1.807) is 0 Å². The Morgan fingerprint density at radius 2 is 1.96 bits per heavy atom. The van der Waals surface area contributed by atoms with E-state index < -0.39 is 5.41 Å². The molecule has 2 heterocycles. The Labute approximate surface area is 154 Å². The third-order valence-electron chi connectivity index (χ3n) is 5.00. The molecule has 0 unspecified atom stereocenters. The summed E-state index contributed by atoms with van der Waals surface area (Å²) >= 11 is 3.45. The van der Waals surface area contributed by atoms with Crippen molar-refractivity contribution in [3.05, 3.63) is 46.0 Å². The summed E-state index contributed by atoms with van der Waals surface area (Å²) < 4.78 is 11.7. The van der Waals surface area contributed by atoms with Crippen LogP contribution in [0.3, 0.4) is 0 Å². The number of rotatable bonds is 5. The van der Waals surface area contributed by atoms with E-state index >= 15 is 0 Å². The number of carbonyl (C=O) groups excluding carboxylic acids is 1. The zero-order valence-corrected chi connectivity index (χ0v) is 15.4. The van der Waals surface area contributed by atoms with Crippen LogP contribution < -0.4 is 5.32 Å². The van der Waals surface area contributed by atoms with Crippen molar-refractivity contribution in [1.29, 1.82) is 0 Å². The molecule has 1 aliphatic heterocycles. The van der Waals surface area contributed by atoms with Crippen molar-refractivity contribution >= 4 is 21.8 Å². The smallest absolute Gasteiger partial charge is 0.246 e. The van der Waals surface area contributed by atoms with Crippen LogP contribution >= 0.6 is 15.9 Å².